The van der Waals surface area contributed by atoms with Gasteiger partial charge in [0.15, 0.2) is 5.78 Å². The molecule has 0 saturated carbocycles. The molecule has 0 fully saturated rings. The van der Waals surface area contributed by atoms with Gasteiger partial charge in [-0.25, -0.2) is 0 Å². The minimum atomic E-state index is 0.0419. The van der Waals surface area contributed by atoms with Gasteiger partial charge in [-0.05, 0) is 48.4 Å². The first-order chi connectivity index (χ1) is 10.1. The number of hydrogen-bond donors (Lipinski definition) is 0. The first-order valence-electron chi connectivity index (χ1n) is 7.32. The van der Waals surface area contributed by atoms with Crippen LogP contribution in [0.2, 0.25) is 0 Å². The van der Waals surface area contributed by atoms with Crippen LogP contribution >= 0.6 is 0 Å². The van der Waals surface area contributed by atoms with Gasteiger partial charge in [0.2, 0.25) is 0 Å². The van der Waals surface area contributed by atoms with E-state index in [2.05, 4.69) is 16.9 Å². The number of Topliss-reactive ketones (excluding diaryl/α,β-unsaturated/α-hetero) is 1. The van der Waals surface area contributed by atoms with Crippen LogP contribution in [0.4, 0.5) is 5.69 Å². The molecule has 0 aliphatic heterocycles. The molecular formula is C18H22N2O. The number of ketones is 1. The van der Waals surface area contributed by atoms with E-state index in [-0.39, 0.29) is 11.7 Å². The normalized spacial score (nSPS) is 10.7. The fraction of sp³-hybridized carbons (Fsp3) is 0.333. The summed E-state index contributed by atoms with van der Waals surface area (Å²) in [5, 5.41) is 0. The van der Waals surface area contributed by atoms with Gasteiger partial charge in [0, 0.05) is 43.2 Å². The van der Waals surface area contributed by atoms with Gasteiger partial charge in [0.1, 0.15) is 0 Å². The maximum absolute atomic E-state index is 11.9. The Labute approximate surface area is 126 Å². The number of pyridine rings is 1. The van der Waals surface area contributed by atoms with Crippen LogP contribution in [-0.2, 0) is 6.42 Å². The van der Waals surface area contributed by atoms with Gasteiger partial charge in [-0.15, -0.1) is 0 Å². The molecule has 0 radical (unpaired) electrons. The maximum Gasteiger partial charge on any atom is 0.165 e. The molecule has 0 aliphatic rings. The largest absolute Gasteiger partial charge is 0.374 e. The number of benzene rings is 1. The summed E-state index contributed by atoms with van der Waals surface area (Å²) in [4.78, 5) is 18.1. The molecule has 0 unspecified atom stereocenters. The van der Waals surface area contributed by atoms with E-state index in [1.807, 2.05) is 62.6 Å². The Bertz CT molecular complexity index is 576. The van der Waals surface area contributed by atoms with Gasteiger partial charge in [-0.2, -0.15) is 0 Å². The summed E-state index contributed by atoms with van der Waals surface area (Å²) in [6.07, 6.45) is 4.62. The van der Waals surface area contributed by atoms with E-state index in [4.69, 9.17) is 0 Å². The first-order valence-corrected chi connectivity index (χ1v) is 7.32. The molecule has 3 nitrogen and oxygen atoms in total. The number of aromatic nitrogens is 1. The molecule has 3 heteroatoms. The molecule has 21 heavy (non-hydrogen) atoms. The smallest absolute Gasteiger partial charge is 0.165 e. The lowest BCUT2D eigenvalue weighted by molar-refractivity contribution is 0.0939. The van der Waals surface area contributed by atoms with Crippen molar-refractivity contribution in [3.05, 3.63) is 59.9 Å². The summed E-state index contributed by atoms with van der Waals surface area (Å²) in [6.45, 7) is 4.79. The lowest BCUT2D eigenvalue weighted by Crippen LogP contribution is -2.20. The molecule has 110 valence electrons. The van der Waals surface area contributed by atoms with Crippen molar-refractivity contribution in [2.45, 2.75) is 20.3 Å². The molecule has 0 spiro atoms. The molecule has 1 heterocycles. The highest BCUT2D eigenvalue weighted by molar-refractivity contribution is 5.97. The molecule has 0 aliphatic carbocycles. The van der Waals surface area contributed by atoms with Crippen LogP contribution in [0.1, 0.15) is 29.8 Å². The second-order valence-electron chi connectivity index (χ2n) is 5.59. The third-order valence-electron chi connectivity index (χ3n) is 3.60. The van der Waals surface area contributed by atoms with E-state index in [9.17, 15) is 4.79 Å². The van der Waals surface area contributed by atoms with Crippen molar-refractivity contribution in [1.29, 1.82) is 0 Å². The van der Waals surface area contributed by atoms with E-state index >= 15 is 0 Å². The summed E-state index contributed by atoms with van der Waals surface area (Å²) in [5.41, 5.74) is 3.20. The maximum atomic E-state index is 11.9. The quantitative estimate of drug-likeness (QED) is 0.759. The molecule has 0 N–H and O–H groups in total. The summed E-state index contributed by atoms with van der Waals surface area (Å²) in [5.74, 6) is 0.237. The molecule has 2 rings (SSSR count). The third-order valence-corrected chi connectivity index (χ3v) is 3.60. The Morgan fingerprint density at radius 1 is 1.10 bits per heavy atom. The van der Waals surface area contributed by atoms with Crippen LogP contribution in [0.25, 0.3) is 0 Å². The molecule has 2 aromatic rings. The van der Waals surface area contributed by atoms with Crippen molar-refractivity contribution in [3.63, 3.8) is 0 Å². The average Bonchev–Trinajstić information content (AvgIpc) is 2.53. The van der Waals surface area contributed by atoms with Crippen LogP contribution in [0.3, 0.4) is 0 Å². The van der Waals surface area contributed by atoms with E-state index in [0.29, 0.717) is 0 Å². The average molecular weight is 282 g/mol. The van der Waals surface area contributed by atoms with Gasteiger partial charge < -0.3 is 4.90 Å². The summed E-state index contributed by atoms with van der Waals surface area (Å²) in [7, 11) is 2.07. The van der Waals surface area contributed by atoms with Crippen LogP contribution < -0.4 is 4.90 Å². The van der Waals surface area contributed by atoms with Crippen molar-refractivity contribution in [1.82, 2.24) is 4.98 Å². The number of rotatable bonds is 6. The van der Waals surface area contributed by atoms with Gasteiger partial charge >= 0.3 is 0 Å². The monoisotopic (exact) mass is 282 g/mol. The van der Waals surface area contributed by atoms with Crippen molar-refractivity contribution < 1.29 is 4.79 Å². The zero-order valence-corrected chi connectivity index (χ0v) is 12.9. The Kier molecular flexibility index (Phi) is 5.09. The van der Waals surface area contributed by atoms with Gasteiger partial charge in [-0.3, -0.25) is 9.78 Å². The summed E-state index contributed by atoms with van der Waals surface area (Å²) >= 11 is 0. The second-order valence-corrected chi connectivity index (χ2v) is 5.59. The number of hydrogen-bond acceptors (Lipinski definition) is 3. The van der Waals surface area contributed by atoms with Gasteiger partial charge in [0.05, 0.1) is 0 Å². The molecule has 1 aromatic carbocycles. The van der Waals surface area contributed by atoms with E-state index in [0.717, 1.165) is 24.2 Å². The fourth-order valence-electron chi connectivity index (χ4n) is 2.19. The van der Waals surface area contributed by atoms with Crippen LogP contribution in [0.15, 0.2) is 48.8 Å². The highest BCUT2D eigenvalue weighted by Gasteiger charge is 2.10. The van der Waals surface area contributed by atoms with Crippen LogP contribution in [-0.4, -0.2) is 24.4 Å². The minimum Gasteiger partial charge on any atom is -0.374 e. The Balaban J connectivity index is 1.97. The third kappa shape index (κ3) is 4.15. The highest BCUT2D eigenvalue weighted by Crippen LogP contribution is 2.16. The molecule has 0 amide bonds. The fourth-order valence-corrected chi connectivity index (χ4v) is 2.19. The van der Waals surface area contributed by atoms with Crippen molar-refractivity contribution in [2.75, 3.05) is 18.5 Å². The minimum absolute atomic E-state index is 0.0419. The van der Waals surface area contributed by atoms with Crippen LogP contribution in [0.5, 0.6) is 0 Å². The second kappa shape index (κ2) is 7.02. The van der Waals surface area contributed by atoms with Gasteiger partial charge in [-0.1, -0.05) is 13.8 Å². The number of nitrogens with zero attached hydrogens (tertiary/aromatic N) is 2. The molecular weight excluding hydrogens is 260 g/mol. The van der Waals surface area contributed by atoms with Crippen molar-refractivity contribution in [3.8, 4) is 0 Å². The van der Waals surface area contributed by atoms with E-state index in [1.54, 1.807) is 0 Å². The molecule has 0 saturated heterocycles. The lowest BCUT2D eigenvalue weighted by Gasteiger charge is -2.19. The van der Waals surface area contributed by atoms with Crippen LogP contribution in [0, 0.1) is 5.92 Å². The predicted molar refractivity (Wildman–Crippen MR) is 86.8 cm³/mol. The van der Waals surface area contributed by atoms with E-state index < -0.39 is 0 Å². The SMILES string of the molecule is CC(C)C(=O)c1ccc(N(C)CCc2ccncc2)cc1. The van der Waals surface area contributed by atoms with Gasteiger partial charge in [0.25, 0.3) is 0 Å². The number of carbonyl (C=O) groups excluding carboxylic acids is 1. The van der Waals surface area contributed by atoms with Crippen molar-refractivity contribution >= 4 is 11.5 Å². The summed E-state index contributed by atoms with van der Waals surface area (Å²) < 4.78 is 0. The number of anilines is 1. The predicted octanol–water partition coefficient (Wildman–Crippen LogP) is 3.60. The standard InChI is InChI=1S/C18H22N2O/c1-14(2)18(21)16-4-6-17(7-5-16)20(3)13-10-15-8-11-19-12-9-15/h4-9,11-12,14H,10,13H2,1-3H3. The lowest BCUT2D eigenvalue weighted by atomic mass is 10.0. The Hall–Kier alpha value is -2.16. The molecule has 0 bridgehead atoms. The topological polar surface area (TPSA) is 33.2 Å². The zero-order valence-electron chi connectivity index (χ0n) is 12.9. The Morgan fingerprint density at radius 3 is 2.29 bits per heavy atom. The zero-order chi connectivity index (χ0) is 15.2. The molecule has 1 aromatic heterocycles. The highest BCUT2D eigenvalue weighted by atomic mass is 16.1. The Morgan fingerprint density at radius 2 is 1.71 bits per heavy atom. The molecule has 0 atom stereocenters. The van der Waals surface area contributed by atoms with Crippen molar-refractivity contribution in [2.24, 2.45) is 5.92 Å². The first kappa shape index (κ1) is 15.2. The van der Waals surface area contributed by atoms with E-state index in [1.165, 1.54) is 5.56 Å². The number of carbonyl (C=O) groups is 1. The summed E-state index contributed by atoms with van der Waals surface area (Å²) in [6, 6.07) is 11.9. The number of likely N-dealkylation sites (N-methyl/N-ethyl adjacent to an activating group) is 1.